The number of pyridine rings is 1. The molecule has 2 rings (SSSR count). The monoisotopic (exact) mass is 293 g/mol. The molecule has 4 heteroatoms. The first-order valence-electron chi connectivity index (χ1n) is 7.32. The number of nitrogens with zero attached hydrogens (tertiary/aromatic N) is 3. The van der Waals surface area contributed by atoms with Crippen LogP contribution in [0.15, 0.2) is 12.1 Å². The topological polar surface area (TPSA) is 30.7 Å². The summed E-state index contributed by atoms with van der Waals surface area (Å²) >= 11 is 6.07. The van der Waals surface area contributed by atoms with E-state index in [-0.39, 0.29) is 0 Å². The molecule has 110 valence electrons. The van der Waals surface area contributed by atoms with Gasteiger partial charge in [-0.1, -0.05) is 27.7 Å². The van der Waals surface area contributed by atoms with Crippen molar-refractivity contribution in [2.45, 2.75) is 47.0 Å². The van der Waals surface area contributed by atoms with Crippen molar-refractivity contribution in [3.63, 3.8) is 0 Å². The van der Waals surface area contributed by atoms with Gasteiger partial charge in [0, 0.05) is 12.2 Å². The molecule has 0 spiro atoms. The van der Waals surface area contributed by atoms with Crippen molar-refractivity contribution in [3.8, 4) is 0 Å². The second-order valence-corrected chi connectivity index (χ2v) is 6.49. The molecule has 0 radical (unpaired) electrons. The lowest BCUT2D eigenvalue weighted by Gasteiger charge is -2.26. The zero-order chi connectivity index (χ0) is 14.9. The second kappa shape index (κ2) is 6.13. The Morgan fingerprint density at radius 2 is 1.75 bits per heavy atom. The van der Waals surface area contributed by atoms with Crippen LogP contribution in [-0.2, 0) is 12.4 Å². The zero-order valence-electron chi connectivity index (χ0n) is 13.0. The van der Waals surface area contributed by atoms with E-state index < -0.39 is 0 Å². The van der Waals surface area contributed by atoms with Crippen molar-refractivity contribution in [3.05, 3.63) is 23.7 Å². The van der Waals surface area contributed by atoms with E-state index in [4.69, 9.17) is 11.6 Å². The summed E-state index contributed by atoms with van der Waals surface area (Å²) in [6.07, 6.45) is 0. The van der Waals surface area contributed by atoms with Crippen LogP contribution in [0.4, 0.5) is 0 Å². The van der Waals surface area contributed by atoms with Crippen LogP contribution in [-0.4, -0.2) is 14.5 Å². The molecule has 2 aromatic heterocycles. The fraction of sp³-hybridized carbons (Fsp3) is 0.625. The molecule has 0 aliphatic carbocycles. The van der Waals surface area contributed by atoms with E-state index in [0.29, 0.717) is 23.6 Å². The number of hydrogen-bond donors (Lipinski definition) is 0. The van der Waals surface area contributed by atoms with Gasteiger partial charge >= 0.3 is 0 Å². The molecule has 0 unspecified atom stereocenters. The molecule has 0 N–H and O–H groups in total. The first-order chi connectivity index (χ1) is 9.43. The molecular formula is C16H24ClN3. The molecule has 0 amide bonds. The standard InChI is InChI=1S/C16H24ClN3/c1-10(2)13(11(3)4)9-20-15(8-17)19-14-7-6-12(5)18-16(14)20/h6-7,10-11,13H,8-9H2,1-5H3. The van der Waals surface area contributed by atoms with Crippen LogP contribution in [0.25, 0.3) is 11.2 Å². The van der Waals surface area contributed by atoms with E-state index in [2.05, 4.69) is 42.2 Å². The Morgan fingerprint density at radius 1 is 1.10 bits per heavy atom. The van der Waals surface area contributed by atoms with Gasteiger partial charge in [-0.05, 0) is 36.8 Å². The van der Waals surface area contributed by atoms with E-state index in [1.165, 1.54) is 0 Å². The van der Waals surface area contributed by atoms with Crippen molar-refractivity contribution in [2.75, 3.05) is 0 Å². The molecule has 0 saturated heterocycles. The van der Waals surface area contributed by atoms with Crippen molar-refractivity contribution >= 4 is 22.8 Å². The predicted molar refractivity (Wildman–Crippen MR) is 85.0 cm³/mol. The number of rotatable bonds is 5. The van der Waals surface area contributed by atoms with Crippen LogP contribution in [0.5, 0.6) is 0 Å². The molecule has 2 aromatic rings. The third-order valence-corrected chi connectivity index (χ3v) is 4.28. The molecule has 20 heavy (non-hydrogen) atoms. The molecule has 0 atom stereocenters. The van der Waals surface area contributed by atoms with Gasteiger partial charge in [0.25, 0.3) is 0 Å². The number of imidazole rings is 1. The summed E-state index contributed by atoms with van der Waals surface area (Å²) in [4.78, 5) is 9.27. The molecule has 0 aliphatic heterocycles. The van der Waals surface area contributed by atoms with E-state index in [1.54, 1.807) is 0 Å². The highest BCUT2D eigenvalue weighted by molar-refractivity contribution is 6.16. The van der Waals surface area contributed by atoms with Gasteiger partial charge in [0.2, 0.25) is 0 Å². The molecule has 0 aromatic carbocycles. The normalized spacial score (nSPS) is 12.2. The summed E-state index contributed by atoms with van der Waals surface area (Å²) in [7, 11) is 0. The fourth-order valence-corrected chi connectivity index (χ4v) is 3.04. The van der Waals surface area contributed by atoms with Crippen LogP contribution in [0, 0.1) is 24.7 Å². The quantitative estimate of drug-likeness (QED) is 0.765. The number of hydrogen-bond acceptors (Lipinski definition) is 2. The van der Waals surface area contributed by atoms with Gasteiger partial charge in [-0.2, -0.15) is 0 Å². The Kier molecular flexibility index (Phi) is 4.69. The lowest BCUT2D eigenvalue weighted by atomic mass is 9.85. The number of fused-ring (bicyclic) bond motifs is 1. The number of aryl methyl sites for hydroxylation is 1. The molecule has 0 aliphatic rings. The number of alkyl halides is 1. The van der Waals surface area contributed by atoms with Gasteiger partial charge < -0.3 is 4.57 Å². The van der Waals surface area contributed by atoms with Gasteiger partial charge in [-0.3, -0.25) is 0 Å². The van der Waals surface area contributed by atoms with Crippen LogP contribution in [0.1, 0.15) is 39.2 Å². The Bertz CT molecular complexity index is 579. The number of halogens is 1. The second-order valence-electron chi connectivity index (χ2n) is 6.22. The van der Waals surface area contributed by atoms with E-state index in [0.717, 1.165) is 29.2 Å². The number of aromatic nitrogens is 3. The molecule has 2 heterocycles. The van der Waals surface area contributed by atoms with Gasteiger partial charge in [-0.25, -0.2) is 9.97 Å². The lowest BCUT2D eigenvalue weighted by Crippen LogP contribution is -2.23. The average molecular weight is 294 g/mol. The molecule has 3 nitrogen and oxygen atoms in total. The Labute approximate surface area is 126 Å². The lowest BCUT2D eigenvalue weighted by molar-refractivity contribution is 0.252. The van der Waals surface area contributed by atoms with Gasteiger partial charge in [0.05, 0.1) is 5.88 Å². The third kappa shape index (κ3) is 2.98. The molecule has 0 bridgehead atoms. The van der Waals surface area contributed by atoms with E-state index in [1.807, 2.05) is 19.1 Å². The summed E-state index contributed by atoms with van der Waals surface area (Å²) in [5, 5.41) is 0. The average Bonchev–Trinajstić information content (AvgIpc) is 2.72. The van der Waals surface area contributed by atoms with Crippen molar-refractivity contribution < 1.29 is 0 Å². The van der Waals surface area contributed by atoms with Crippen molar-refractivity contribution in [1.82, 2.24) is 14.5 Å². The first kappa shape index (κ1) is 15.3. The molecule has 0 fully saturated rings. The minimum Gasteiger partial charge on any atom is -0.311 e. The smallest absolute Gasteiger partial charge is 0.160 e. The van der Waals surface area contributed by atoms with Crippen LogP contribution < -0.4 is 0 Å². The summed E-state index contributed by atoms with van der Waals surface area (Å²) in [6.45, 7) is 12.1. The van der Waals surface area contributed by atoms with E-state index >= 15 is 0 Å². The van der Waals surface area contributed by atoms with Crippen LogP contribution >= 0.6 is 11.6 Å². The zero-order valence-corrected chi connectivity index (χ0v) is 13.8. The highest BCUT2D eigenvalue weighted by Crippen LogP contribution is 2.26. The molecule has 0 saturated carbocycles. The van der Waals surface area contributed by atoms with Gasteiger partial charge in [-0.15, -0.1) is 11.6 Å². The minimum absolute atomic E-state index is 0.429. The largest absolute Gasteiger partial charge is 0.311 e. The van der Waals surface area contributed by atoms with E-state index in [9.17, 15) is 0 Å². The maximum absolute atomic E-state index is 6.07. The summed E-state index contributed by atoms with van der Waals surface area (Å²) < 4.78 is 2.21. The Balaban J connectivity index is 2.48. The SMILES string of the molecule is Cc1ccc2nc(CCl)n(CC(C(C)C)C(C)C)c2n1. The minimum atomic E-state index is 0.429. The van der Waals surface area contributed by atoms with Crippen LogP contribution in [0.3, 0.4) is 0 Å². The first-order valence-corrected chi connectivity index (χ1v) is 7.86. The van der Waals surface area contributed by atoms with Gasteiger partial charge in [0.15, 0.2) is 5.65 Å². The summed E-state index contributed by atoms with van der Waals surface area (Å²) in [5.74, 6) is 3.20. The third-order valence-electron chi connectivity index (χ3n) is 4.04. The maximum Gasteiger partial charge on any atom is 0.160 e. The maximum atomic E-state index is 6.07. The van der Waals surface area contributed by atoms with Crippen LogP contribution in [0.2, 0.25) is 0 Å². The highest BCUT2D eigenvalue weighted by atomic mass is 35.5. The van der Waals surface area contributed by atoms with Crippen molar-refractivity contribution in [2.24, 2.45) is 17.8 Å². The van der Waals surface area contributed by atoms with Gasteiger partial charge in [0.1, 0.15) is 11.3 Å². The molecular weight excluding hydrogens is 270 g/mol. The highest BCUT2D eigenvalue weighted by Gasteiger charge is 2.21. The summed E-state index contributed by atoms with van der Waals surface area (Å²) in [6, 6.07) is 4.03. The summed E-state index contributed by atoms with van der Waals surface area (Å²) in [5.41, 5.74) is 2.93. The predicted octanol–water partition coefficient (Wildman–Crippen LogP) is 4.41. The van der Waals surface area contributed by atoms with Crippen molar-refractivity contribution in [1.29, 1.82) is 0 Å². The Hall–Kier alpha value is -1.09. The fourth-order valence-electron chi connectivity index (χ4n) is 2.84. The Morgan fingerprint density at radius 3 is 2.30 bits per heavy atom.